The summed E-state index contributed by atoms with van der Waals surface area (Å²) in [5.74, 6) is 0. The van der Waals surface area contributed by atoms with E-state index < -0.39 is 61.4 Å². The Morgan fingerprint density at radius 2 is 0.583 bits per heavy atom. The van der Waals surface area contributed by atoms with E-state index >= 15 is 0 Å². The van der Waals surface area contributed by atoms with E-state index in [-0.39, 0.29) is 46.2 Å². The zero-order valence-corrected chi connectivity index (χ0v) is 40.4. The van der Waals surface area contributed by atoms with Gasteiger partial charge in [0.25, 0.3) is 0 Å². The van der Waals surface area contributed by atoms with Crippen LogP contribution in [0.1, 0.15) is 38.9 Å². The number of hydrogen-bond donors (Lipinski definition) is 1. The minimum atomic E-state index is -1.31. The average molecular weight is 973 g/mol. The molecule has 11 heteroatoms. The van der Waals surface area contributed by atoms with Crippen LogP contribution in [0, 0.1) is 0 Å². The largest absolute Gasteiger partial charge is 0.385 e. The molecular formula is C61H64O11. The first-order valence-electron chi connectivity index (χ1n) is 24.8. The van der Waals surface area contributed by atoms with Crippen molar-refractivity contribution < 1.29 is 52.5 Å². The first kappa shape index (κ1) is 51.0. The summed E-state index contributed by atoms with van der Waals surface area (Å²) in [5, 5.41) is 12.5. The van der Waals surface area contributed by atoms with Crippen LogP contribution < -0.4 is 0 Å². The van der Waals surface area contributed by atoms with E-state index in [4.69, 9.17) is 47.4 Å². The van der Waals surface area contributed by atoms with Gasteiger partial charge in [0.2, 0.25) is 0 Å². The molecule has 0 radical (unpaired) electrons. The molecule has 0 unspecified atom stereocenters. The van der Waals surface area contributed by atoms with Gasteiger partial charge in [-0.3, -0.25) is 0 Å². The van der Waals surface area contributed by atoms with Gasteiger partial charge in [-0.05, 0) is 38.9 Å². The molecule has 7 aromatic rings. The fourth-order valence-corrected chi connectivity index (χ4v) is 8.92. The Hall–Kier alpha value is -5.90. The van der Waals surface area contributed by atoms with Crippen LogP contribution in [0.25, 0.3) is 0 Å². The fraction of sp³-hybridized carbons (Fsp3) is 0.311. The molecule has 0 spiro atoms. The molecule has 10 atom stereocenters. The van der Waals surface area contributed by atoms with Crippen LogP contribution in [0.3, 0.4) is 0 Å². The summed E-state index contributed by atoms with van der Waals surface area (Å²) in [6.45, 7) is 1.91. The molecule has 0 aliphatic carbocycles. The maximum atomic E-state index is 12.5. The summed E-state index contributed by atoms with van der Waals surface area (Å²) in [4.78, 5) is 0. The highest BCUT2D eigenvalue weighted by atomic mass is 16.8. The molecule has 2 saturated heterocycles. The second kappa shape index (κ2) is 27.2. The van der Waals surface area contributed by atoms with Gasteiger partial charge in [-0.15, -0.1) is 0 Å². The molecule has 9 rings (SSSR count). The van der Waals surface area contributed by atoms with E-state index in [0.29, 0.717) is 13.2 Å². The Morgan fingerprint density at radius 1 is 0.292 bits per heavy atom. The Balaban J connectivity index is 1.08. The van der Waals surface area contributed by atoms with E-state index in [1.807, 2.05) is 212 Å². The van der Waals surface area contributed by atoms with Gasteiger partial charge in [-0.2, -0.15) is 0 Å². The minimum absolute atomic E-state index is 0.0608. The maximum absolute atomic E-state index is 12.5. The van der Waals surface area contributed by atoms with Crippen LogP contribution in [-0.4, -0.2) is 79.7 Å². The zero-order valence-electron chi connectivity index (χ0n) is 40.4. The van der Waals surface area contributed by atoms with E-state index in [2.05, 4.69) is 0 Å². The molecule has 72 heavy (non-hydrogen) atoms. The van der Waals surface area contributed by atoms with Crippen LogP contribution in [0.15, 0.2) is 212 Å². The lowest BCUT2D eigenvalue weighted by atomic mass is 9.96. The summed E-state index contributed by atoms with van der Waals surface area (Å²) < 4.78 is 68.4. The van der Waals surface area contributed by atoms with Crippen molar-refractivity contribution in [3.63, 3.8) is 0 Å². The number of aliphatic hydroxyl groups is 1. The monoisotopic (exact) mass is 972 g/mol. The predicted octanol–water partition coefficient (Wildman–Crippen LogP) is 10.2. The van der Waals surface area contributed by atoms with Crippen molar-refractivity contribution >= 4 is 0 Å². The highest BCUT2D eigenvalue weighted by Gasteiger charge is 2.54. The quantitative estimate of drug-likeness (QED) is 0.0591. The normalized spacial score (nSPS) is 24.2. The SMILES string of the molecule is O[C@H]1[C@@H](OCc2ccccc2)O[C@@H](COCc2ccccc2)[C@@H](O[C@@H]2O[C@@H](COCc3ccccc3)[C@H](OCc3ccccc3)[C@H](OCc3ccccc3)[C@@H]2OCc2ccccc2)[C@H]1OCc1ccccc1. The van der Waals surface area contributed by atoms with Crippen molar-refractivity contribution in [1.29, 1.82) is 0 Å². The second-order valence-electron chi connectivity index (χ2n) is 18.0. The third-order valence-corrected chi connectivity index (χ3v) is 12.7. The van der Waals surface area contributed by atoms with Gasteiger partial charge in [0, 0.05) is 0 Å². The van der Waals surface area contributed by atoms with Gasteiger partial charge in [-0.25, -0.2) is 0 Å². The molecular weight excluding hydrogens is 909 g/mol. The summed E-state index contributed by atoms with van der Waals surface area (Å²) >= 11 is 0. The topological polar surface area (TPSA) is 113 Å². The molecule has 374 valence electrons. The van der Waals surface area contributed by atoms with Gasteiger partial charge in [0.05, 0.1) is 59.5 Å². The second-order valence-corrected chi connectivity index (χ2v) is 18.0. The number of hydrogen-bond acceptors (Lipinski definition) is 11. The van der Waals surface area contributed by atoms with Gasteiger partial charge >= 0.3 is 0 Å². The third kappa shape index (κ3) is 14.8. The summed E-state index contributed by atoms with van der Waals surface area (Å²) in [6.07, 6.45) is -9.49. The smallest absolute Gasteiger partial charge is 0.187 e. The highest BCUT2D eigenvalue weighted by Crippen LogP contribution is 2.36. The van der Waals surface area contributed by atoms with Crippen molar-refractivity contribution in [3.8, 4) is 0 Å². The van der Waals surface area contributed by atoms with E-state index in [1.165, 1.54) is 0 Å². The first-order chi connectivity index (χ1) is 35.6. The predicted molar refractivity (Wildman–Crippen MR) is 272 cm³/mol. The Labute approximate surface area is 423 Å². The van der Waals surface area contributed by atoms with E-state index in [0.717, 1.165) is 38.9 Å². The minimum Gasteiger partial charge on any atom is -0.385 e. The number of aliphatic hydroxyl groups excluding tert-OH is 1. The zero-order chi connectivity index (χ0) is 49.0. The van der Waals surface area contributed by atoms with Crippen LogP contribution >= 0.6 is 0 Å². The molecule has 11 nitrogen and oxygen atoms in total. The summed E-state index contributed by atoms with van der Waals surface area (Å²) in [5.41, 5.74) is 6.73. The van der Waals surface area contributed by atoms with Gasteiger partial charge in [0.1, 0.15) is 48.8 Å². The molecule has 2 fully saturated rings. The van der Waals surface area contributed by atoms with Gasteiger partial charge < -0.3 is 52.5 Å². The lowest BCUT2D eigenvalue weighted by Gasteiger charge is -2.49. The van der Waals surface area contributed by atoms with Crippen LogP contribution in [0.2, 0.25) is 0 Å². The molecule has 7 aromatic carbocycles. The Morgan fingerprint density at radius 3 is 0.972 bits per heavy atom. The third-order valence-electron chi connectivity index (χ3n) is 12.7. The summed E-state index contributed by atoms with van der Waals surface area (Å²) in [6, 6.07) is 69.5. The van der Waals surface area contributed by atoms with E-state index in [1.54, 1.807) is 0 Å². The standard InChI is InChI=1S/C61H64O11/c62-54-57(66-39-48-28-14-4-15-29-48)56(53(44-64-37-46-24-10-2-11-25-46)70-60(54)69-42-51-34-20-7-21-35-51)72-61-59(68-41-50-32-18-6-19-33-50)58(67-40-49-30-16-5-17-31-49)55(65-38-47-26-12-3-13-27-47)52(71-61)43-63-36-45-22-8-1-9-23-45/h1-35,52-62H,36-44H2/t52-,53-,54+,55-,56+,57-,58-,59-,60-,61-/m0/s1. The Bertz CT molecular complexity index is 2550. The molecule has 2 aliphatic rings. The maximum Gasteiger partial charge on any atom is 0.187 e. The highest BCUT2D eigenvalue weighted by molar-refractivity contribution is 5.19. The lowest BCUT2D eigenvalue weighted by molar-refractivity contribution is -0.375. The van der Waals surface area contributed by atoms with Gasteiger partial charge in [0.15, 0.2) is 12.6 Å². The summed E-state index contributed by atoms with van der Waals surface area (Å²) in [7, 11) is 0. The lowest BCUT2D eigenvalue weighted by Crippen LogP contribution is -2.66. The molecule has 0 aromatic heterocycles. The van der Waals surface area contributed by atoms with E-state index in [9.17, 15) is 5.11 Å². The number of rotatable bonds is 25. The van der Waals surface area contributed by atoms with Crippen LogP contribution in [-0.2, 0) is 93.6 Å². The van der Waals surface area contributed by atoms with Crippen molar-refractivity contribution in [2.24, 2.45) is 0 Å². The Kier molecular flexibility index (Phi) is 19.3. The van der Waals surface area contributed by atoms with Crippen molar-refractivity contribution in [3.05, 3.63) is 251 Å². The van der Waals surface area contributed by atoms with Crippen LogP contribution in [0.5, 0.6) is 0 Å². The fourth-order valence-electron chi connectivity index (χ4n) is 8.92. The molecule has 1 N–H and O–H groups in total. The molecule has 0 amide bonds. The van der Waals surface area contributed by atoms with Crippen LogP contribution in [0.4, 0.5) is 0 Å². The average Bonchev–Trinajstić information content (AvgIpc) is 3.44. The van der Waals surface area contributed by atoms with Crippen molar-refractivity contribution in [2.75, 3.05) is 13.2 Å². The molecule has 0 bridgehead atoms. The van der Waals surface area contributed by atoms with Gasteiger partial charge in [-0.1, -0.05) is 212 Å². The molecule has 2 aliphatic heterocycles. The molecule has 0 saturated carbocycles. The number of benzene rings is 7. The molecule has 2 heterocycles. The first-order valence-corrected chi connectivity index (χ1v) is 24.8. The van der Waals surface area contributed by atoms with Crippen molar-refractivity contribution in [1.82, 2.24) is 0 Å². The number of ether oxygens (including phenoxy) is 10. The van der Waals surface area contributed by atoms with Crippen molar-refractivity contribution in [2.45, 2.75) is 108 Å².